The summed E-state index contributed by atoms with van der Waals surface area (Å²) >= 11 is 5.44. The molecule has 0 unspecified atom stereocenters. The first-order chi connectivity index (χ1) is 25.0. The quantitative estimate of drug-likeness (QED) is 0.0587. The van der Waals surface area contributed by atoms with Crippen molar-refractivity contribution in [2.45, 2.75) is 12.5 Å². The van der Waals surface area contributed by atoms with Gasteiger partial charge in [-0.1, -0.05) is 48.5 Å². The Bertz CT molecular complexity index is 2140. The lowest BCUT2D eigenvalue weighted by Gasteiger charge is -2.06. The SMILES string of the molecule is COC(=O)c1ccc(CCl)o1.O=C(O)c1ccc(COc2ccc(-c3ccccc3[N+](=O)[O-])cc2)o1.O=[N+]([O-])c1ccccc1-c1ccc(O)cc1. The van der Waals surface area contributed by atoms with Crippen molar-refractivity contribution >= 4 is 34.9 Å². The predicted molar refractivity (Wildman–Crippen MR) is 188 cm³/mol. The van der Waals surface area contributed by atoms with Gasteiger partial charge < -0.3 is 28.5 Å². The zero-order valence-electron chi connectivity index (χ0n) is 27.2. The van der Waals surface area contributed by atoms with Crippen molar-refractivity contribution in [3.8, 4) is 33.8 Å². The molecule has 2 aromatic heterocycles. The van der Waals surface area contributed by atoms with E-state index >= 15 is 0 Å². The van der Waals surface area contributed by atoms with E-state index in [1.807, 2.05) is 0 Å². The topological polar surface area (TPSA) is 206 Å². The minimum atomic E-state index is -1.14. The number of ether oxygens (including phenoxy) is 2. The number of nitro benzene ring substituents is 2. The molecule has 6 rings (SSSR count). The Morgan fingerprint density at radius 2 is 1.17 bits per heavy atom. The number of alkyl halides is 1. The number of halogens is 1. The summed E-state index contributed by atoms with van der Waals surface area (Å²) in [4.78, 5) is 42.6. The second kappa shape index (κ2) is 18.2. The van der Waals surface area contributed by atoms with Crippen molar-refractivity contribution < 1.29 is 48.0 Å². The molecule has 266 valence electrons. The van der Waals surface area contributed by atoms with Gasteiger partial charge in [0.05, 0.1) is 34.0 Å². The van der Waals surface area contributed by atoms with Gasteiger partial charge in [0.1, 0.15) is 29.6 Å². The first-order valence-corrected chi connectivity index (χ1v) is 15.6. The number of para-hydroxylation sites is 2. The average Bonchev–Trinajstić information content (AvgIpc) is 3.86. The van der Waals surface area contributed by atoms with Crippen LogP contribution in [-0.4, -0.2) is 39.1 Å². The second-order valence-corrected chi connectivity index (χ2v) is 10.6. The molecule has 0 amide bonds. The molecule has 0 aliphatic carbocycles. The number of carboxylic acid groups (broad SMARTS) is 1. The Balaban J connectivity index is 0.000000191. The number of aromatic carboxylic acids is 1. The highest BCUT2D eigenvalue weighted by molar-refractivity contribution is 6.16. The second-order valence-electron chi connectivity index (χ2n) is 10.4. The molecule has 0 aliphatic heterocycles. The molecule has 52 heavy (non-hydrogen) atoms. The van der Waals surface area contributed by atoms with Gasteiger partial charge in [-0.05, 0) is 71.8 Å². The van der Waals surface area contributed by atoms with E-state index < -0.39 is 21.8 Å². The first-order valence-electron chi connectivity index (χ1n) is 15.0. The monoisotopic (exact) mass is 728 g/mol. The van der Waals surface area contributed by atoms with Crippen LogP contribution in [0, 0.1) is 20.2 Å². The van der Waals surface area contributed by atoms with E-state index in [4.69, 9.17) is 35.4 Å². The predicted octanol–water partition coefficient (Wildman–Crippen LogP) is 8.90. The van der Waals surface area contributed by atoms with E-state index in [2.05, 4.69) is 4.74 Å². The van der Waals surface area contributed by atoms with Crippen LogP contribution in [0.2, 0.25) is 0 Å². The molecule has 2 N–H and O–H groups in total. The molecule has 0 radical (unpaired) electrons. The van der Waals surface area contributed by atoms with Crippen molar-refractivity contribution in [3.05, 3.63) is 165 Å². The molecule has 0 saturated heterocycles. The summed E-state index contributed by atoms with van der Waals surface area (Å²) in [5.74, 6) is 0.303. The van der Waals surface area contributed by atoms with Crippen molar-refractivity contribution in [2.75, 3.05) is 7.11 Å². The Kier molecular flexibility index (Phi) is 13.2. The van der Waals surface area contributed by atoms with Crippen LogP contribution in [0.25, 0.3) is 22.3 Å². The van der Waals surface area contributed by atoms with Crippen LogP contribution >= 0.6 is 11.6 Å². The van der Waals surface area contributed by atoms with Crippen LogP contribution in [0.5, 0.6) is 11.5 Å². The number of rotatable bonds is 10. The summed E-state index contributed by atoms with van der Waals surface area (Å²) in [6.45, 7) is 0.0815. The van der Waals surface area contributed by atoms with E-state index in [1.54, 1.807) is 78.9 Å². The lowest BCUT2D eigenvalue weighted by Crippen LogP contribution is -1.98. The van der Waals surface area contributed by atoms with Gasteiger partial charge in [0.2, 0.25) is 11.5 Å². The van der Waals surface area contributed by atoms with Crippen LogP contribution < -0.4 is 4.74 Å². The summed E-state index contributed by atoms with van der Waals surface area (Å²) < 4.78 is 20.0. The molecule has 0 spiro atoms. The average molecular weight is 729 g/mol. The summed E-state index contributed by atoms with van der Waals surface area (Å²) in [5.41, 5.74) is 2.58. The summed E-state index contributed by atoms with van der Waals surface area (Å²) in [7, 11) is 1.30. The molecule has 4 aromatic carbocycles. The number of phenolic OH excluding ortho intramolecular Hbond substituents is 1. The number of nitrogens with zero attached hydrogens (tertiary/aromatic N) is 2. The maximum atomic E-state index is 11.1. The summed E-state index contributed by atoms with van der Waals surface area (Å²) in [6.07, 6.45) is 0. The highest BCUT2D eigenvalue weighted by Crippen LogP contribution is 2.31. The fraction of sp³-hybridized carbons (Fsp3) is 0.0811. The smallest absolute Gasteiger partial charge is 0.373 e. The van der Waals surface area contributed by atoms with E-state index in [9.17, 15) is 29.8 Å². The highest BCUT2D eigenvalue weighted by atomic mass is 35.5. The van der Waals surface area contributed by atoms with Crippen LogP contribution in [0.15, 0.2) is 130 Å². The number of phenols is 1. The van der Waals surface area contributed by atoms with Crippen LogP contribution in [0.3, 0.4) is 0 Å². The summed E-state index contributed by atoms with van der Waals surface area (Å²) in [6, 6.07) is 32.2. The number of hydrogen-bond donors (Lipinski definition) is 2. The Morgan fingerprint density at radius 1 is 0.692 bits per heavy atom. The standard InChI is InChI=1S/C18H13NO6.C12H9NO3.C7H7ClO3/c20-18(21)17-10-9-14(25-17)11-24-13-7-5-12(6-8-13)15-3-1-2-4-16(15)19(22)23;14-10-7-5-9(6-8-10)11-3-1-2-4-12(11)13(15)16;1-10-7(9)6-3-2-5(4-8)11-6/h1-10H,11H2,(H,20,21);1-8,14H;2-3H,4H2,1H3. The van der Waals surface area contributed by atoms with Gasteiger partial charge in [-0.2, -0.15) is 0 Å². The number of nitro groups is 2. The van der Waals surface area contributed by atoms with Gasteiger partial charge in [-0.25, -0.2) is 9.59 Å². The van der Waals surface area contributed by atoms with E-state index in [0.29, 0.717) is 39.5 Å². The number of aromatic hydroxyl groups is 1. The zero-order valence-corrected chi connectivity index (χ0v) is 28.0. The Labute approximate surface area is 300 Å². The zero-order chi connectivity index (χ0) is 37.6. The van der Waals surface area contributed by atoms with E-state index in [1.165, 1.54) is 49.6 Å². The fourth-order valence-electron chi connectivity index (χ4n) is 4.51. The maximum Gasteiger partial charge on any atom is 0.373 e. The minimum Gasteiger partial charge on any atom is -0.508 e. The number of carboxylic acids is 1. The van der Waals surface area contributed by atoms with Gasteiger partial charge >= 0.3 is 11.9 Å². The van der Waals surface area contributed by atoms with Gasteiger partial charge in [-0.3, -0.25) is 20.2 Å². The van der Waals surface area contributed by atoms with Crippen molar-refractivity contribution in [1.29, 1.82) is 0 Å². The summed E-state index contributed by atoms with van der Waals surface area (Å²) in [5, 5.41) is 39.9. The van der Waals surface area contributed by atoms with Gasteiger partial charge in [0.25, 0.3) is 11.4 Å². The lowest BCUT2D eigenvalue weighted by atomic mass is 10.0. The van der Waals surface area contributed by atoms with E-state index in [0.717, 1.165) is 0 Å². The van der Waals surface area contributed by atoms with Crippen LogP contribution in [0.4, 0.5) is 11.4 Å². The third-order valence-corrected chi connectivity index (χ3v) is 7.24. The lowest BCUT2D eigenvalue weighted by molar-refractivity contribution is -0.384. The number of carbonyl (C=O) groups is 2. The Hall–Kier alpha value is -6.93. The Morgan fingerprint density at radius 3 is 1.63 bits per heavy atom. The number of benzene rings is 4. The number of methoxy groups -OCH3 is 1. The number of hydrogen-bond acceptors (Lipinski definition) is 11. The largest absolute Gasteiger partial charge is 0.508 e. The van der Waals surface area contributed by atoms with Gasteiger partial charge in [-0.15, -0.1) is 11.6 Å². The third-order valence-electron chi connectivity index (χ3n) is 6.98. The molecule has 0 atom stereocenters. The number of carbonyl (C=O) groups excluding carboxylic acids is 1. The molecule has 6 aromatic rings. The van der Waals surface area contributed by atoms with Crippen molar-refractivity contribution in [3.63, 3.8) is 0 Å². The molecular formula is C37H29ClN2O12. The van der Waals surface area contributed by atoms with E-state index in [-0.39, 0.29) is 41.1 Å². The number of esters is 1. The molecule has 0 bridgehead atoms. The molecule has 0 saturated carbocycles. The highest BCUT2D eigenvalue weighted by Gasteiger charge is 2.15. The molecule has 0 aliphatic rings. The molecule has 2 heterocycles. The molecule has 0 fully saturated rings. The fourth-order valence-corrected chi connectivity index (χ4v) is 4.65. The van der Waals surface area contributed by atoms with Gasteiger partial charge in [0.15, 0.2) is 0 Å². The minimum absolute atomic E-state index is 0.0351. The third kappa shape index (κ3) is 10.3. The molecule has 15 heteroatoms. The van der Waals surface area contributed by atoms with Crippen molar-refractivity contribution in [1.82, 2.24) is 0 Å². The number of furan rings is 2. The molecular weight excluding hydrogens is 700 g/mol. The molecule has 14 nitrogen and oxygen atoms in total. The van der Waals surface area contributed by atoms with Crippen molar-refractivity contribution in [2.24, 2.45) is 0 Å². The van der Waals surface area contributed by atoms with Crippen LogP contribution in [-0.2, 0) is 17.2 Å². The normalized spacial score (nSPS) is 10.1. The van der Waals surface area contributed by atoms with Gasteiger partial charge in [0, 0.05) is 12.1 Å². The first kappa shape index (κ1) is 37.9. The maximum absolute atomic E-state index is 11.1. The van der Waals surface area contributed by atoms with Crippen LogP contribution in [0.1, 0.15) is 32.6 Å².